The lowest BCUT2D eigenvalue weighted by Crippen LogP contribution is -2.31. The quantitative estimate of drug-likeness (QED) is 0.727. The molecule has 2 aromatic rings. The second-order valence-electron chi connectivity index (χ2n) is 6.16. The summed E-state index contributed by atoms with van der Waals surface area (Å²) in [4.78, 5) is 15.4. The molecule has 1 aromatic carbocycles. The minimum Gasteiger partial charge on any atom is -0.490 e. The van der Waals surface area contributed by atoms with Crippen molar-refractivity contribution in [2.45, 2.75) is 33.4 Å². The Hall–Kier alpha value is -1.72. The van der Waals surface area contributed by atoms with E-state index in [2.05, 4.69) is 19.2 Å². The summed E-state index contributed by atoms with van der Waals surface area (Å²) in [5.74, 6) is 1.42. The van der Waals surface area contributed by atoms with Gasteiger partial charge in [-0.15, -0.1) is 22.9 Å². The van der Waals surface area contributed by atoms with Gasteiger partial charge in [-0.25, -0.2) is 0 Å². The molecule has 25 heavy (non-hydrogen) atoms. The number of carbonyl (C=O) groups is 1. The molecule has 6 heteroatoms. The highest BCUT2D eigenvalue weighted by Crippen LogP contribution is 2.31. The molecule has 1 aliphatic rings. The number of hydrogen-bond acceptors (Lipinski definition) is 4. The van der Waals surface area contributed by atoms with Crippen LogP contribution in [0.5, 0.6) is 11.5 Å². The third kappa shape index (κ3) is 4.28. The fraction of sp³-hybridized carbons (Fsp3) is 0.421. The molecule has 0 bridgehead atoms. The maximum absolute atomic E-state index is 12.3. The molecule has 0 saturated carbocycles. The van der Waals surface area contributed by atoms with Crippen LogP contribution >= 0.6 is 22.9 Å². The Morgan fingerprint density at radius 3 is 2.64 bits per heavy atom. The van der Waals surface area contributed by atoms with Gasteiger partial charge in [0.05, 0.1) is 13.2 Å². The molecule has 1 amide bonds. The minimum absolute atomic E-state index is 0.0211. The maximum atomic E-state index is 12.3. The van der Waals surface area contributed by atoms with E-state index < -0.39 is 0 Å². The summed E-state index contributed by atoms with van der Waals surface area (Å²) >= 11 is 7.54. The van der Waals surface area contributed by atoms with Gasteiger partial charge in [0.25, 0.3) is 0 Å². The average molecular weight is 380 g/mol. The predicted octanol–water partition coefficient (Wildman–Crippen LogP) is 4.29. The lowest BCUT2D eigenvalue weighted by molar-refractivity contribution is -0.129. The molecule has 134 valence electrons. The minimum atomic E-state index is -0.0722. The van der Waals surface area contributed by atoms with Crippen LogP contribution < -0.4 is 9.47 Å². The molecule has 0 fully saturated rings. The number of aryl methyl sites for hydroxylation is 1. The van der Waals surface area contributed by atoms with Crippen LogP contribution in [-0.4, -0.2) is 29.9 Å². The molecule has 0 atom stereocenters. The number of carbonyl (C=O) groups excluding carboxylic acids is 1. The summed E-state index contributed by atoms with van der Waals surface area (Å²) in [6, 6.07) is 5.86. The van der Waals surface area contributed by atoms with Crippen LogP contribution in [0.2, 0.25) is 0 Å². The normalized spacial score (nSPS) is 13.4. The molecular weight excluding hydrogens is 358 g/mol. The lowest BCUT2D eigenvalue weighted by atomic mass is 10.1. The van der Waals surface area contributed by atoms with Crippen LogP contribution in [0.3, 0.4) is 0 Å². The number of thiophene rings is 1. The maximum Gasteiger partial charge on any atom is 0.238 e. The first-order valence-corrected chi connectivity index (χ1v) is 9.75. The molecule has 4 nitrogen and oxygen atoms in total. The van der Waals surface area contributed by atoms with Gasteiger partial charge >= 0.3 is 0 Å². The zero-order valence-corrected chi connectivity index (χ0v) is 16.1. The van der Waals surface area contributed by atoms with Gasteiger partial charge in [-0.1, -0.05) is 6.07 Å². The van der Waals surface area contributed by atoms with Crippen molar-refractivity contribution in [2.75, 3.05) is 19.1 Å². The highest BCUT2D eigenvalue weighted by atomic mass is 35.5. The molecule has 0 radical (unpaired) electrons. The van der Waals surface area contributed by atoms with Gasteiger partial charge in [0.1, 0.15) is 5.88 Å². The van der Waals surface area contributed by atoms with Crippen molar-refractivity contribution in [2.24, 2.45) is 0 Å². The monoisotopic (exact) mass is 379 g/mol. The summed E-state index contributed by atoms with van der Waals surface area (Å²) in [5.41, 5.74) is 3.43. The Kier molecular flexibility index (Phi) is 5.86. The van der Waals surface area contributed by atoms with Crippen LogP contribution in [0.25, 0.3) is 0 Å². The first kappa shape index (κ1) is 18.1. The van der Waals surface area contributed by atoms with Crippen molar-refractivity contribution in [3.63, 3.8) is 0 Å². The molecule has 0 spiro atoms. The molecular formula is C19H22ClNO3S. The Morgan fingerprint density at radius 1 is 1.20 bits per heavy atom. The Morgan fingerprint density at radius 2 is 1.96 bits per heavy atom. The van der Waals surface area contributed by atoms with E-state index in [0.29, 0.717) is 26.3 Å². The number of rotatable bonds is 5. The summed E-state index contributed by atoms with van der Waals surface area (Å²) in [6.45, 7) is 6.57. The first-order chi connectivity index (χ1) is 12.1. The van der Waals surface area contributed by atoms with Crippen LogP contribution in [0.4, 0.5) is 0 Å². The van der Waals surface area contributed by atoms with Crippen LogP contribution in [0.1, 0.15) is 28.0 Å². The molecule has 0 N–H and O–H groups in total. The second-order valence-corrected chi connectivity index (χ2v) is 7.51. The van der Waals surface area contributed by atoms with Gasteiger partial charge in [0, 0.05) is 24.4 Å². The predicted molar refractivity (Wildman–Crippen MR) is 101 cm³/mol. The second kappa shape index (κ2) is 8.11. The van der Waals surface area contributed by atoms with Crippen LogP contribution in [-0.2, 0) is 17.9 Å². The summed E-state index contributed by atoms with van der Waals surface area (Å²) in [6.07, 6.45) is 0.873. The average Bonchev–Trinajstić information content (AvgIpc) is 2.81. The van der Waals surface area contributed by atoms with E-state index in [1.165, 1.54) is 16.0 Å². The first-order valence-electron chi connectivity index (χ1n) is 8.34. The molecule has 1 aromatic heterocycles. The summed E-state index contributed by atoms with van der Waals surface area (Å²) < 4.78 is 11.4. The number of nitrogens with zero attached hydrogens (tertiary/aromatic N) is 1. The molecule has 0 aliphatic carbocycles. The zero-order valence-electron chi connectivity index (χ0n) is 14.5. The highest BCUT2D eigenvalue weighted by Gasteiger charge is 2.18. The number of alkyl halides is 1. The molecule has 3 rings (SSSR count). The number of ether oxygens (including phenoxy) is 2. The number of hydrogen-bond donors (Lipinski definition) is 0. The number of amides is 1. The van der Waals surface area contributed by atoms with Gasteiger partial charge in [-0.3, -0.25) is 4.79 Å². The largest absolute Gasteiger partial charge is 0.490 e. The van der Waals surface area contributed by atoms with Gasteiger partial charge in [-0.2, -0.15) is 0 Å². The van der Waals surface area contributed by atoms with Crippen molar-refractivity contribution in [1.29, 1.82) is 0 Å². The topological polar surface area (TPSA) is 38.8 Å². The van der Waals surface area contributed by atoms with E-state index >= 15 is 0 Å². The third-order valence-corrected chi connectivity index (χ3v) is 5.69. The highest BCUT2D eigenvalue weighted by molar-refractivity contribution is 7.10. The molecule has 2 heterocycles. The Bertz CT molecular complexity index is 759. The van der Waals surface area contributed by atoms with Crippen molar-refractivity contribution in [3.05, 3.63) is 45.1 Å². The van der Waals surface area contributed by atoms with Crippen molar-refractivity contribution < 1.29 is 14.3 Å². The standard InChI is InChI=1S/C19H22ClNO3S/c1-13-14(2)25-12-16(13)11-21(19(22)9-20)10-15-4-5-17-18(8-15)24-7-3-6-23-17/h4-5,8,12H,3,6-7,9-11H2,1-2H3. The smallest absolute Gasteiger partial charge is 0.238 e. The van der Waals surface area contributed by atoms with Crippen molar-refractivity contribution >= 4 is 28.8 Å². The SMILES string of the molecule is Cc1scc(CN(Cc2ccc3c(c2)OCCCO3)C(=O)CCl)c1C. The Labute approximate surface area is 157 Å². The molecule has 1 aliphatic heterocycles. The fourth-order valence-corrected chi connectivity index (χ4v) is 3.81. The van der Waals surface area contributed by atoms with Crippen molar-refractivity contribution in [1.82, 2.24) is 4.90 Å². The number of fused-ring (bicyclic) bond motifs is 1. The number of benzene rings is 1. The van der Waals surface area contributed by atoms with Gasteiger partial charge < -0.3 is 14.4 Å². The lowest BCUT2D eigenvalue weighted by Gasteiger charge is -2.22. The van der Waals surface area contributed by atoms with Crippen LogP contribution in [0, 0.1) is 13.8 Å². The van der Waals surface area contributed by atoms with E-state index in [9.17, 15) is 4.79 Å². The fourth-order valence-electron chi connectivity index (χ4n) is 2.77. The van der Waals surface area contributed by atoms with Gasteiger partial charge in [-0.05, 0) is 48.1 Å². The Balaban J connectivity index is 1.79. The zero-order chi connectivity index (χ0) is 17.8. The van der Waals surface area contributed by atoms with Crippen molar-refractivity contribution in [3.8, 4) is 11.5 Å². The van der Waals surface area contributed by atoms with Crippen LogP contribution in [0.15, 0.2) is 23.6 Å². The van der Waals surface area contributed by atoms with E-state index in [0.717, 1.165) is 23.5 Å². The van der Waals surface area contributed by atoms with E-state index in [-0.39, 0.29) is 11.8 Å². The summed E-state index contributed by atoms with van der Waals surface area (Å²) in [5, 5.41) is 2.12. The number of halogens is 1. The van der Waals surface area contributed by atoms with E-state index in [1.54, 1.807) is 16.2 Å². The van der Waals surface area contributed by atoms with Gasteiger partial charge in [0.2, 0.25) is 5.91 Å². The van der Waals surface area contributed by atoms with E-state index in [4.69, 9.17) is 21.1 Å². The van der Waals surface area contributed by atoms with Gasteiger partial charge in [0.15, 0.2) is 11.5 Å². The summed E-state index contributed by atoms with van der Waals surface area (Å²) in [7, 11) is 0. The van der Waals surface area contributed by atoms with E-state index in [1.807, 2.05) is 18.2 Å². The molecule has 0 saturated heterocycles. The third-order valence-electron chi connectivity index (χ3n) is 4.40. The molecule has 0 unspecified atom stereocenters.